The molecule has 3 aromatic carbocycles. The molecular weight excluding hydrogens is 402 g/mol. The molecule has 0 bridgehead atoms. The fourth-order valence-electron chi connectivity index (χ4n) is 3.15. The highest BCUT2D eigenvalue weighted by molar-refractivity contribution is 7.19. The molecule has 28 heavy (non-hydrogen) atoms. The van der Waals surface area contributed by atoms with Crippen LogP contribution >= 0.6 is 22.9 Å². The third kappa shape index (κ3) is 3.63. The highest BCUT2D eigenvalue weighted by Gasteiger charge is 2.13. The Morgan fingerprint density at radius 3 is 2.61 bits per heavy atom. The fraction of sp³-hybridized carbons (Fsp3) is 0.0455. The molecule has 6 heteroatoms. The van der Waals surface area contributed by atoms with Crippen molar-refractivity contribution >= 4 is 39.0 Å². The van der Waals surface area contributed by atoms with Gasteiger partial charge in [-0.3, -0.25) is 0 Å². The zero-order valence-corrected chi connectivity index (χ0v) is 16.0. The van der Waals surface area contributed by atoms with E-state index in [1.54, 1.807) is 12.1 Å². The van der Waals surface area contributed by atoms with Gasteiger partial charge in [0.25, 0.3) is 0 Å². The number of carboxylic acid groups (broad SMARTS) is 1. The van der Waals surface area contributed by atoms with Gasteiger partial charge < -0.3 is 5.11 Å². The Hall–Kier alpha value is -2.76. The van der Waals surface area contributed by atoms with E-state index in [1.807, 2.05) is 24.3 Å². The molecule has 0 aliphatic rings. The van der Waals surface area contributed by atoms with Crippen LogP contribution in [0.1, 0.15) is 20.8 Å². The van der Waals surface area contributed by atoms with Crippen LogP contribution in [0, 0.1) is 11.6 Å². The molecule has 4 aromatic rings. The minimum Gasteiger partial charge on any atom is -0.478 e. The number of carboxylic acids is 1. The SMILES string of the molecule is O=C(O)c1cc(F)cc(-c2cccc3cc(Cc4ccc(F)c(Cl)c4)sc23)c1. The number of carbonyl (C=O) groups is 1. The van der Waals surface area contributed by atoms with Crippen LogP contribution in [-0.4, -0.2) is 11.1 Å². The molecule has 0 aliphatic carbocycles. The maximum absolute atomic E-state index is 13.9. The van der Waals surface area contributed by atoms with Gasteiger partial charge in [-0.25, -0.2) is 13.6 Å². The standard InChI is InChI=1S/C22H13ClF2O2S/c23-19-7-12(4-5-20(19)25)6-17-11-13-2-1-3-18(21(13)28-17)14-8-15(22(26)27)10-16(24)9-14/h1-5,7-11H,6H2,(H,26,27). The van der Waals surface area contributed by atoms with Gasteiger partial charge in [-0.2, -0.15) is 0 Å². The van der Waals surface area contributed by atoms with Crippen molar-refractivity contribution in [2.75, 3.05) is 0 Å². The van der Waals surface area contributed by atoms with E-state index in [9.17, 15) is 18.7 Å². The van der Waals surface area contributed by atoms with E-state index in [0.717, 1.165) is 32.2 Å². The summed E-state index contributed by atoms with van der Waals surface area (Å²) >= 11 is 7.40. The average molecular weight is 415 g/mol. The van der Waals surface area contributed by atoms with Crippen LogP contribution in [0.4, 0.5) is 8.78 Å². The Bertz CT molecular complexity index is 1220. The third-order valence-corrected chi connectivity index (χ3v) is 5.89. The molecule has 140 valence electrons. The van der Waals surface area contributed by atoms with Crippen LogP contribution in [0.3, 0.4) is 0 Å². The molecule has 1 heterocycles. The Balaban J connectivity index is 1.77. The number of thiophene rings is 1. The van der Waals surface area contributed by atoms with E-state index in [0.29, 0.717) is 12.0 Å². The summed E-state index contributed by atoms with van der Waals surface area (Å²) in [6, 6.07) is 16.1. The summed E-state index contributed by atoms with van der Waals surface area (Å²) in [6.45, 7) is 0. The second-order valence-electron chi connectivity index (χ2n) is 6.40. The minimum atomic E-state index is -1.17. The zero-order valence-electron chi connectivity index (χ0n) is 14.4. The molecule has 0 fully saturated rings. The van der Waals surface area contributed by atoms with Crippen molar-refractivity contribution in [1.29, 1.82) is 0 Å². The maximum Gasteiger partial charge on any atom is 0.335 e. The first kappa shape index (κ1) is 18.6. The van der Waals surface area contributed by atoms with Crippen molar-refractivity contribution in [2.24, 2.45) is 0 Å². The van der Waals surface area contributed by atoms with Crippen LogP contribution in [0.2, 0.25) is 5.02 Å². The predicted octanol–water partition coefficient (Wildman–Crippen LogP) is 6.79. The summed E-state index contributed by atoms with van der Waals surface area (Å²) in [5.41, 5.74) is 2.08. The van der Waals surface area contributed by atoms with Gasteiger partial charge >= 0.3 is 5.97 Å². The smallest absolute Gasteiger partial charge is 0.335 e. The molecule has 0 saturated heterocycles. The van der Waals surface area contributed by atoms with Crippen LogP contribution in [-0.2, 0) is 6.42 Å². The second kappa shape index (κ2) is 7.34. The molecule has 0 saturated carbocycles. The lowest BCUT2D eigenvalue weighted by Crippen LogP contribution is -1.97. The molecule has 2 nitrogen and oxygen atoms in total. The van der Waals surface area contributed by atoms with Crippen molar-refractivity contribution in [3.8, 4) is 11.1 Å². The predicted molar refractivity (Wildman–Crippen MR) is 108 cm³/mol. The van der Waals surface area contributed by atoms with Crippen molar-refractivity contribution < 1.29 is 18.7 Å². The summed E-state index contributed by atoms with van der Waals surface area (Å²) in [7, 11) is 0. The van der Waals surface area contributed by atoms with Crippen molar-refractivity contribution in [2.45, 2.75) is 6.42 Å². The van der Waals surface area contributed by atoms with E-state index >= 15 is 0 Å². The summed E-state index contributed by atoms with van der Waals surface area (Å²) < 4.78 is 28.2. The number of halogens is 3. The number of fused-ring (bicyclic) bond motifs is 1. The summed E-state index contributed by atoms with van der Waals surface area (Å²) in [6.07, 6.45) is 0.586. The summed E-state index contributed by atoms with van der Waals surface area (Å²) in [5, 5.41) is 10.3. The number of benzene rings is 3. The molecule has 4 rings (SSSR count). The van der Waals surface area contributed by atoms with Crippen LogP contribution in [0.5, 0.6) is 0 Å². The monoisotopic (exact) mass is 414 g/mol. The first-order chi connectivity index (χ1) is 13.4. The lowest BCUT2D eigenvalue weighted by molar-refractivity contribution is 0.0696. The summed E-state index contributed by atoms with van der Waals surface area (Å²) in [5.74, 6) is -2.22. The highest BCUT2D eigenvalue weighted by Crippen LogP contribution is 2.36. The van der Waals surface area contributed by atoms with E-state index < -0.39 is 17.6 Å². The molecule has 0 spiro atoms. The van der Waals surface area contributed by atoms with Gasteiger partial charge in [-0.05, 0) is 58.5 Å². The van der Waals surface area contributed by atoms with Gasteiger partial charge in [-0.15, -0.1) is 11.3 Å². The van der Waals surface area contributed by atoms with Crippen LogP contribution in [0.25, 0.3) is 21.2 Å². The van der Waals surface area contributed by atoms with Crippen LogP contribution < -0.4 is 0 Å². The van der Waals surface area contributed by atoms with Gasteiger partial charge in [0.2, 0.25) is 0 Å². The lowest BCUT2D eigenvalue weighted by Gasteiger charge is -2.05. The average Bonchev–Trinajstić information content (AvgIpc) is 3.06. The normalized spacial score (nSPS) is 11.1. The largest absolute Gasteiger partial charge is 0.478 e. The van der Waals surface area contributed by atoms with Gasteiger partial charge in [0.1, 0.15) is 11.6 Å². The topological polar surface area (TPSA) is 37.3 Å². The molecule has 1 aromatic heterocycles. The Morgan fingerprint density at radius 1 is 1.04 bits per heavy atom. The molecule has 0 atom stereocenters. The van der Waals surface area contributed by atoms with Crippen molar-refractivity contribution in [3.05, 3.63) is 93.3 Å². The Kier molecular flexibility index (Phi) is 4.87. The molecule has 0 aliphatic heterocycles. The van der Waals surface area contributed by atoms with E-state index in [-0.39, 0.29) is 10.6 Å². The van der Waals surface area contributed by atoms with Crippen molar-refractivity contribution in [3.63, 3.8) is 0 Å². The quantitative estimate of drug-likeness (QED) is 0.399. The number of hydrogen-bond acceptors (Lipinski definition) is 2. The molecule has 0 amide bonds. The molecule has 0 unspecified atom stereocenters. The number of aromatic carboxylic acids is 1. The third-order valence-electron chi connectivity index (χ3n) is 4.41. The molecule has 1 N–H and O–H groups in total. The number of rotatable bonds is 4. The van der Waals surface area contributed by atoms with E-state index in [2.05, 4.69) is 0 Å². The molecule has 0 radical (unpaired) electrons. The zero-order chi connectivity index (χ0) is 19.8. The summed E-state index contributed by atoms with van der Waals surface area (Å²) in [4.78, 5) is 12.3. The van der Waals surface area contributed by atoms with Gasteiger partial charge in [0.15, 0.2) is 0 Å². The Labute approximate surface area is 168 Å². The van der Waals surface area contributed by atoms with E-state index in [4.69, 9.17) is 11.6 Å². The minimum absolute atomic E-state index is 0.0836. The second-order valence-corrected chi connectivity index (χ2v) is 7.94. The maximum atomic E-state index is 13.9. The molecular formula is C22H13ClF2O2S. The van der Waals surface area contributed by atoms with Crippen LogP contribution in [0.15, 0.2) is 60.7 Å². The van der Waals surface area contributed by atoms with E-state index in [1.165, 1.54) is 29.5 Å². The lowest BCUT2D eigenvalue weighted by atomic mass is 10.0. The van der Waals surface area contributed by atoms with Gasteiger partial charge in [0, 0.05) is 16.0 Å². The highest BCUT2D eigenvalue weighted by atomic mass is 35.5. The van der Waals surface area contributed by atoms with Crippen molar-refractivity contribution in [1.82, 2.24) is 0 Å². The Morgan fingerprint density at radius 2 is 1.86 bits per heavy atom. The number of hydrogen-bond donors (Lipinski definition) is 1. The fourth-order valence-corrected chi connectivity index (χ4v) is 4.58. The first-order valence-corrected chi connectivity index (χ1v) is 9.60. The van der Waals surface area contributed by atoms with Gasteiger partial charge in [0.05, 0.1) is 10.6 Å². The first-order valence-electron chi connectivity index (χ1n) is 8.40. The van der Waals surface area contributed by atoms with Gasteiger partial charge in [-0.1, -0.05) is 35.9 Å².